The fraction of sp³-hybridized carbons (Fsp3) is 0.269. The van der Waals surface area contributed by atoms with Crippen LogP contribution in [0.25, 0.3) is 0 Å². The van der Waals surface area contributed by atoms with Crippen LogP contribution in [-0.2, 0) is 6.54 Å². The zero-order chi connectivity index (χ0) is 22.9. The van der Waals surface area contributed by atoms with E-state index in [-0.39, 0.29) is 29.2 Å². The molecule has 1 fully saturated rings. The number of ether oxygens (including phenoxy) is 1. The van der Waals surface area contributed by atoms with Crippen LogP contribution in [0.3, 0.4) is 0 Å². The Morgan fingerprint density at radius 1 is 0.909 bits per heavy atom. The van der Waals surface area contributed by atoms with Crippen LogP contribution in [0.4, 0.5) is 5.69 Å². The lowest BCUT2D eigenvalue weighted by Gasteiger charge is -2.43. The minimum absolute atomic E-state index is 0.0281. The van der Waals surface area contributed by atoms with Crippen molar-refractivity contribution in [3.8, 4) is 5.75 Å². The monoisotopic (exact) mass is 443 g/mol. The number of rotatable bonds is 4. The van der Waals surface area contributed by atoms with Crippen molar-refractivity contribution in [2.24, 2.45) is 5.92 Å². The molecule has 7 nitrogen and oxygen atoms in total. The summed E-state index contributed by atoms with van der Waals surface area (Å²) >= 11 is 0. The second-order valence-electron chi connectivity index (χ2n) is 8.64. The first-order valence-corrected chi connectivity index (χ1v) is 11.1. The number of methoxy groups -OCH3 is 1. The van der Waals surface area contributed by atoms with Gasteiger partial charge in [0.25, 0.3) is 17.4 Å². The number of nitrogens with one attached hydrogen (secondary N) is 1. The van der Waals surface area contributed by atoms with E-state index in [9.17, 15) is 14.4 Å². The molecule has 2 atom stereocenters. The number of anilines is 1. The summed E-state index contributed by atoms with van der Waals surface area (Å²) < 4.78 is 6.96. The van der Waals surface area contributed by atoms with E-state index in [4.69, 9.17) is 4.74 Å². The molecule has 168 valence electrons. The van der Waals surface area contributed by atoms with Gasteiger partial charge in [0.1, 0.15) is 5.75 Å². The topological polar surface area (TPSA) is 80.6 Å². The predicted molar refractivity (Wildman–Crippen MR) is 125 cm³/mol. The Hall–Kier alpha value is -3.87. The van der Waals surface area contributed by atoms with Gasteiger partial charge in [-0.2, -0.15) is 0 Å². The normalized spacial score (nSPS) is 18.9. The van der Waals surface area contributed by atoms with Gasteiger partial charge >= 0.3 is 0 Å². The highest BCUT2D eigenvalue weighted by Crippen LogP contribution is 2.39. The van der Waals surface area contributed by atoms with Gasteiger partial charge in [-0.15, -0.1) is 0 Å². The third-order valence-electron chi connectivity index (χ3n) is 6.50. The zero-order valence-corrected chi connectivity index (χ0v) is 18.4. The van der Waals surface area contributed by atoms with Crippen LogP contribution in [0, 0.1) is 5.92 Å². The van der Waals surface area contributed by atoms with Crippen molar-refractivity contribution in [1.29, 1.82) is 0 Å². The van der Waals surface area contributed by atoms with Gasteiger partial charge in [0.2, 0.25) is 0 Å². The van der Waals surface area contributed by atoms with Gasteiger partial charge < -0.3 is 19.5 Å². The van der Waals surface area contributed by atoms with Crippen LogP contribution in [-0.4, -0.2) is 41.5 Å². The average Bonchev–Trinajstić information content (AvgIpc) is 2.85. The summed E-state index contributed by atoms with van der Waals surface area (Å²) in [6, 6.07) is 19.3. The predicted octanol–water partition coefficient (Wildman–Crippen LogP) is 3.37. The van der Waals surface area contributed by atoms with E-state index in [2.05, 4.69) is 5.32 Å². The van der Waals surface area contributed by atoms with Crippen molar-refractivity contribution in [1.82, 2.24) is 9.47 Å². The first kappa shape index (κ1) is 21.0. The molecule has 2 aliphatic heterocycles. The smallest absolute Gasteiger partial charge is 0.255 e. The molecule has 2 aliphatic rings. The number of hydrogen-bond donors (Lipinski definition) is 1. The number of amides is 2. The van der Waals surface area contributed by atoms with Crippen molar-refractivity contribution in [3.63, 3.8) is 0 Å². The lowest BCUT2D eigenvalue weighted by atomic mass is 9.82. The van der Waals surface area contributed by atoms with Crippen LogP contribution >= 0.6 is 0 Å². The first-order valence-electron chi connectivity index (χ1n) is 11.1. The molecule has 0 spiro atoms. The summed E-state index contributed by atoms with van der Waals surface area (Å²) in [4.78, 5) is 40.5. The third kappa shape index (κ3) is 4.02. The fourth-order valence-electron chi connectivity index (χ4n) is 4.99. The lowest BCUT2D eigenvalue weighted by Crippen LogP contribution is -2.49. The van der Waals surface area contributed by atoms with Gasteiger partial charge in [0.15, 0.2) is 0 Å². The molecule has 2 aromatic carbocycles. The molecule has 2 unspecified atom stereocenters. The number of likely N-dealkylation sites (tertiary alicyclic amines) is 1. The highest BCUT2D eigenvalue weighted by atomic mass is 16.5. The maximum absolute atomic E-state index is 13.2. The minimum Gasteiger partial charge on any atom is -0.497 e. The molecular formula is C26H25N3O4. The quantitative estimate of drug-likeness (QED) is 0.671. The number of hydrogen-bond acceptors (Lipinski definition) is 4. The molecule has 1 N–H and O–H groups in total. The van der Waals surface area contributed by atoms with Gasteiger partial charge in [0.05, 0.1) is 12.8 Å². The molecule has 3 heterocycles. The van der Waals surface area contributed by atoms with E-state index in [0.717, 1.165) is 12.1 Å². The van der Waals surface area contributed by atoms with Crippen LogP contribution in [0.1, 0.15) is 38.7 Å². The number of pyridine rings is 1. The van der Waals surface area contributed by atoms with Gasteiger partial charge in [-0.3, -0.25) is 14.4 Å². The summed E-state index contributed by atoms with van der Waals surface area (Å²) in [5.74, 6) is 0.611. The number of carbonyl (C=O) groups excluding carboxylic acids is 2. The Bertz CT molecular complexity index is 1250. The third-order valence-corrected chi connectivity index (χ3v) is 6.50. The molecule has 1 aromatic heterocycles. The minimum atomic E-state index is -0.221. The Morgan fingerprint density at radius 2 is 1.67 bits per heavy atom. The maximum atomic E-state index is 13.2. The largest absolute Gasteiger partial charge is 0.497 e. The molecule has 7 heteroatoms. The van der Waals surface area contributed by atoms with Gasteiger partial charge in [0, 0.05) is 48.4 Å². The highest BCUT2D eigenvalue weighted by Gasteiger charge is 2.38. The molecule has 2 bridgehead atoms. The standard InChI is InChI=1S/C26H25N3O4/c1-33-21-9-7-19(8-10-21)26(32)28-14-17-13-20(16-28)24-22(11-12-23(30)29(24)15-17)27-25(31)18-5-3-2-4-6-18/h2-12,17,20H,13-16H2,1H3,(H,27,31). The van der Waals surface area contributed by atoms with E-state index >= 15 is 0 Å². The maximum Gasteiger partial charge on any atom is 0.255 e. The number of piperidine rings is 1. The number of nitrogens with zero attached hydrogens (tertiary/aromatic N) is 2. The summed E-state index contributed by atoms with van der Waals surface area (Å²) in [6.07, 6.45) is 0.879. The van der Waals surface area contributed by atoms with E-state index in [1.54, 1.807) is 54.1 Å². The Morgan fingerprint density at radius 3 is 2.39 bits per heavy atom. The van der Waals surface area contributed by atoms with Crippen molar-refractivity contribution in [2.75, 3.05) is 25.5 Å². The number of aromatic nitrogens is 1. The van der Waals surface area contributed by atoms with Crippen LogP contribution < -0.4 is 15.6 Å². The van der Waals surface area contributed by atoms with Gasteiger partial charge in [-0.25, -0.2) is 0 Å². The van der Waals surface area contributed by atoms with Crippen molar-refractivity contribution in [2.45, 2.75) is 18.9 Å². The molecule has 3 aromatic rings. The molecule has 0 radical (unpaired) electrons. The molecular weight excluding hydrogens is 418 g/mol. The average molecular weight is 444 g/mol. The van der Waals surface area contributed by atoms with Crippen molar-refractivity contribution in [3.05, 3.63) is 93.9 Å². The number of carbonyl (C=O) groups is 2. The highest BCUT2D eigenvalue weighted by molar-refractivity contribution is 6.04. The Labute approximate surface area is 191 Å². The van der Waals surface area contributed by atoms with E-state index in [0.29, 0.717) is 42.2 Å². The summed E-state index contributed by atoms with van der Waals surface area (Å²) in [7, 11) is 1.59. The SMILES string of the molecule is COc1ccc(C(=O)N2CC3CC(C2)c2c(NC(=O)c4ccccc4)ccc(=O)n2C3)cc1. The van der Waals surface area contributed by atoms with Crippen molar-refractivity contribution >= 4 is 17.5 Å². The molecule has 5 rings (SSSR count). The van der Waals surface area contributed by atoms with Crippen molar-refractivity contribution < 1.29 is 14.3 Å². The second-order valence-corrected chi connectivity index (χ2v) is 8.64. The summed E-state index contributed by atoms with van der Waals surface area (Å²) in [6.45, 7) is 1.64. The van der Waals surface area contributed by atoms with Crippen LogP contribution in [0.15, 0.2) is 71.5 Å². The lowest BCUT2D eigenvalue weighted by molar-refractivity contribution is 0.0595. The first-order chi connectivity index (χ1) is 16.0. The number of fused-ring (bicyclic) bond motifs is 4. The zero-order valence-electron chi connectivity index (χ0n) is 18.4. The molecule has 0 aliphatic carbocycles. The van der Waals surface area contributed by atoms with Gasteiger partial charge in [-0.05, 0) is 54.8 Å². The van der Waals surface area contributed by atoms with E-state index in [1.807, 2.05) is 23.1 Å². The Kier molecular flexibility index (Phi) is 5.46. The van der Waals surface area contributed by atoms with Crippen LogP contribution in [0.2, 0.25) is 0 Å². The van der Waals surface area contributed by atoms with E-state index < -0.39 is 0 Å². The summed E-state index contributed by atoms with van der Waals surface area (Å²) in [5.41, 5.74) is 2.52. The molecule has 2 amide bonds. The van der Waals surface area contributed by atoms with Gasteiger partial charge in [-0.1, -0.05) is 18.2 Å². The fourth-order valence-corrected chi connectivity index (χ4v) is 4.99. The number of benzene rings is 2. The van der Waals surface area contributed by atoms with E-state index in [1.165, 1.54) is 6.07 Å². The molecule has 0 saturated carbocycles. The molecule has 1 saturated heterocycles. The van der Waals surface area contributed by atoms with Crippen LogP contribution in [0.5, 0.6) is 5.75 Å². The Balaban J connectivity index is 1.43. The molecule has 33 heavy (non-hydrogen) atoms. The summed E-state index contributed by atoms with van der Waals surface area (Å²) in [5, 5.41) is 2.99. The second kappa shape index (κ2) is 8.58.